The van der Waals surface area contributed by atoms with Crippen molar-refractivity contribution < 1.29 is 9.84 Å². The molecule has 1 saturated heterocycles. The van der Waals surface area contributed by atoms with Crippen LogP contribution in [0.2, 0.25) is 0 Å². The van der Waals surface area contributed by atoms with Crippen LogP contribution in [0, 0.1) is 0 Å². The van der Waals surface area contributed by atoms with Gasteiger partial charge in [0.1, 0.15) is 11.7 Å². The molecule has 0 aliphatic carbocycles. The molecule has 2 aromatic rings. The van der Waals surface area contributed by atoms with E-state index in [0.717, 1.165) is 11.1 Å². The van der Waals surface area contributed by atoms with Crippen LogP contribution in [0.25, 0.3) is 0 Å². The molecule has 0 radical (unpaired) electrons. The first kappa shape index (κ1) is 12.4. The zero-order valence-electron chi connectivity index (χ0n) is 11.0. The molecule has 1 fully saturated rings. The van der Waals surface area contributed by atoms with Crippen LogP contribution in [0.4, 0.5) is 0 Å². The van der Waals surface area contributed by atoms with Crippen LogP contribution in [0.5, 0.6) is 0 Å². The Morgan fingerprint density at radius 3 is 2.21 bits per heavy atom. The highest BCUT2D eigenvalue weighted by Gasteiger charge is 2.62. The van der Waals surface area contributed by atoms with Gasteiger partial charge in [-0.2, -0.15) is 0 Å². The fraction of sp³-hybridized carbons (Fsp3) is 0.294. The van der Waals surface area contributed by atoms with Gasteiger partial charge in [-0.1, -0.05) is 67.6 Å². The molecule has 2 aromatic carbocycles. The molecule has 1 aliphatic heterocycles. The van der Waals surface area contributed by atoms with Crippen molar-refractivity contribution in [3.05, 3.63) is 71.8 Å². The molecule has 1 N–H and O–H groups in total. The molecule has 0 bridgehead atoms. The van der Waals surface area contributed by atoms with Gasteiger partial charge in [-0.05, 0) is 17.5 Å². The average Bonchev–Trinajstić information content (AvgIpc) is 3.25. The van der Waals surface area contributed by atoms with Crippen molar-refractivity contribution in [1.29, 1.82) is 0 Å². The quantitative estimate of drug-likeness (QED) is 0.848. The highest BCUT2D eigenvalue weighted by Crippen LogP contribution is 2.59. The Labute approximate surface area is 113 Å². The predicted octanol–water partition coefficient (Wildman–Crippen LogP) is 3.42. The SMILES string of the molecule is CC[C@@H](O)[C@@]1(c2ccccc2)O[C@@H]1c1ccccc1. The Kier molecular flexibility index (Phi) is 3.13. The third kappa shape index (κ3) is 1.97. The number of ether oxygens (including phenoxy) is 1. The van der Waals surface area contributed by atoms with Gasteiger partial charge in [0.2, 0.25) is 0 Å². The molecule has 19 heavy (non-hydrogen) atoms. The van der Waals surface area contributed by atoms with Crippen molar-refractivity contribution in [2.24, 2.45) is 0 Å². The molecular formula is C17H18O2. The monoisotopic (exact) mass is 254 g/mol. The summed E-state index contributed by atoms with van der Waals surface area (Å²) >= 11 is 0. The molecule has 0 amide bonds. The Morgan fingerprint density at radius 1 is 1.05 bits per heavy atom. The second-order valence-electron chi connectivity index (χ2n) is 4.99. The number of aliphatic hydroxyl groups excluding tert-OH is 1. The van der Waals surface area contributed by atoms with E-state index >= 15 is 0 Å². The largest absolute Gasteiger partial charge is 0.390 e. The molecule has 1 aliphatic rings. The summed E-state index contributed by atoms with van der Waals surface area (Å²) in [6.07, 6.45) is 0.143. The number of aliphatic hydroxyl groups is 1. The lowest BCUT2D eigenvalue weighted by molar-refractivity contribution is 0.0702. The zero-order chi connectivity index (χ0) is 13.3. The van der Waals surface area contributed by atoms with Crippen LogP contribution in [0.15, 0.2) is 60.7 Å². The van der Waals surface area contributed by atoms with Gasteiger partial charge in [0.25, 0.3) is 0 Å². The number of benzene rings is 2. The van der Waals surface area contributed by atoms with Crippen molar-refractivity contribution in [1.82, 2.24) is 0 Å². The Hall–Kier alpha value is -1.64. The van der Waals surface area contributed by atoms with Gasteiger partial charge in [-0.3, -0.25) is 0 Å². The molecule has 1 heterocycles. The van der Waals surface area contributed by atoms with Crippen LogP contribution in [0.1, 0.15) is 30.6 Å². The molecule has 0 aromatic heterocycles. The van der Waals surface area contributed by atoms with Crippen LogP contribution in [0.3, 0.4) is 0 Å². The van der Waals surface area contributed by atoms with E-state index in [4.69, 9.17) is 4.74 Å². The van der Waals surface area contributed by atoms with Gasteiger partial charge in [0.15, 0.2) is 0 Å². The summed E-state index contributed by atoms with van der Waals surface area (Å²) in [6.45, 7) is 1.99. The van der Waals surface area contributed by atoms with Crippen LogP contribution < -0.4 is 0 Å². The van der Waals surface area contributed by atoms with Crippen molar-refractivity contribution >= 4 is 0 Å². The second kappa shape index (κ2) is 4.80. The summed E-state index contributed by atoms with van der Waals surface area (Å²) < 4.78 is 5.98. The van der Waals surface area contributed by atoms with E-state index in [9.17, 15) is 5.11 Å². The van der Waals surface area contributed by atoms with Gasteiger partial charge in [-0.15, -0.1) is 0 Å². The lowest BCUT2D eigenvalue weighted by atomic mass is 9.86. The summed E-state index contributed by atoms with van der Waals surface area (Å²) in [7, 11) is 0. The zero-order valence-corrected chi connectivity index (χ0v) is 11.0. The van der Waals surface area contributed by atoms with Gasteiger partial charge in [0.05, 0.1) is 6.10 Å². The fourth-order valence-electron chi connectivity index (χ4n) is 2.77. The van der Waals surface area contributed by atoms with Gasteiger partial charge in [0, 0.05) is 0 Å². The first-order chi connectivity index (χ1) is 9.29. The molecule has 98 valence electrons. The summed E-state index contributed by atoms with van der Waals surface area (Å²) in [5.41, 5.74) is 1.61. The molecule has 3 rings (SSSR count). The minimum atomic E-state index is -0.572. The first-order valence-electron chi connectivity index (χ1n) is 6.75. The first-order valence-corrected chi connectivity index (χ1v) is 6.75. The maximum absolute atomic E-state index is 10.4. The van der Waals surface area contributed by atoms with Crippen LogP contribution in [-0.2, 0) is 10.3 Å². The third-order valence-electron chi connectivity index (χ3n) is 3.85. The van der Waals surface area contributed by atoms with Crippen molar-refractivity contribution in [3.63, 3.8) is 0 Å². The molecule has 0 saturated carbocycles. The van der Waals surface area contributed by atoms with E-state index in [0.29, 0.717) is 6.42 Å². The van der Waals surface area contributed by atoms with E-state index < -0.39 is 11.7 Å². The summed E-state index contributed by atoms with van der Waals surface area (Å²) in [5, 5.41) is 10.4. The van der Waals surface area contributed by atoms with Gasteiger partial charge < -0.3 is 9.84 Å². The van der Waals surface area contributed by atoms with E-state index in [2.05, 4.69) is 12.1 Å². The normalized spacial score (nSPS) is 26.9. The lowest BCUT2D eigenvalue weighted by Gasteiger charge is -2.19. The maximum Gasteiger partial charge on any atom is 0.150 e. The Balaban J connectivity index is 1.99. The van der Waals surface area contributed by atoms with Gasteiger partial charge in [-0.25, -0.2) is 0 Å². The minimum Gasteiger partial charge on any atom is -0.390 e. The van der Waals surface area contributed by atoms with E-state index in [-0.39, 0.29) is 6.10 Å². The maximum atomic E-state index is 10.4. The number of hydrogen-bond donors (Lipinski definition) is 1. The van der Waals surface area contributed by atoms with Crippen LogP contribution in [-0.4, -0.2) is 11.2 Å². The lowest BCUT2D eigenvalue weighted by Crippen LogP contribution is -2.27. The molecule has 0 spiro atoms. The van der Waals surface area contributed by atoms with Crippen LogP contribution >= 0.6 is 0 Å². The number of hydrogen-bond acceptors (Lipinski definition) is 2. The molecule has 3 atom stereocenters. The van der Waals surface area contributed by atoms with Crippen molar-refractivity contribution in [2.75, 3.05) is 0 Å². The van der Waals surface area contributed by atoms with Crippen molar-refractivity contribution in [3.8, 4) is 0 Å². The topological polar surface area (TPSA) is 32.8 Å². The minimum absolute atomic E-state index is 0.0500. The summed E-state index contributed by atoms with van der Waals surface area (Å²) in [4.78, 5) is 0. The van der Waals surface area contributed by atoms with E-state index in [1.807, 2.05) is 55.5 Å². The Morgan fingerprint density at radius 2 is 1.63 bits per heavy atom. The molecule has 2 nitrogen and oxygen atoms in total. The van der Waals surface area contributed by atoms with Crippen molar-refractivity contribution in [2.45, 2.75) is 31.2 Å². The average molecular weight is 254 g/mol. The standard InChI is InChI=1S/C17H18O2/c1-2-15(18)17(14-11-7-4-8-12-14)16(19-17)13-9-5-3-6-10-13/h3-12,15-16,18H,2H2,1H3/t15-,16-,17-/m1/s1. The summed E-state index contributed by atoms with van der Waals surface area (Å²) in [5.74, 6) is 0. The third-order valence-corrected chi connectivity index (χ3v) is 3.85. The fourth-order valence-corrected chi connectivity index (χ4v) is 2.77. The number of rotatable bonds is 4. The smallest absolute Gasteiger partial charge is 0.150 e. The highest BCUT2D eigenvalue weighted by molar-refractivity contribution is 5.37. The highest BCUT2D eigenvalue weighted by atomic mass is 16.6. The van der Waals surface area contributed by atoms with Gasteiger partial charge >= 0.3 is 0 Å². The molecule has 0 unspecified atom stereocenters. The van der Waals surface area contributed by atoms with E-state index in [1.165, 1.54) is 0 Å². The Bertz CT molecular complexity index is 538. The van der Waals surface area contributed by atoms with E-state index in [1.54, 1.807) is 0 Å². The predicted molar refractivity (Wildman–Crippen MR) is 74.7 cm³/mol. The second-order valence-corrected chi connectivity index (χ2v) is 4.99. The number of epoxide rings is 1. The molecule has 2 heteroatoms. The molecular weight excluding hydrogens is 236 g/mol. The summed E-state index contributed by atoms with van der Waals surface area (Å²) in [6, 6.07) is 20.1.